The molecule has 17 heavy (non-hydrogen) atoms. The van der Waals surface area contributed by atoms with Gasteiger partial charge in [0.25, 0.3) is 5.56 Å². The van der Waals surface area contributed by atoms with E-state index in [2.05, 4.69) is 4.98 Å². The fourth-order valence-electron chi connectivity index (χ4n) is 1.69. The van der Waals surface area contributed by atoms with Crippen LogP contribution in [0, 0.1) is 6.92 Å². The number of hydrogen-bond donors (Lipinski definition) is 0. The van der Waals surface area contributed by atoms with E-state index in [0.717, 1.165) is 0 Å². The third-order valence-electron chi connectivity index (χ3n) is 2.69. The van der Waals surface area contributed by atoms with Crippen LogP contribution in [0.4, 0.5) is 0 Å². The Bertz CT molecular complexity index is 463. The zero-order chi connectivity index (χ0) is 12.3. The van der Waals surface area contributed by atoms with E-state index in [0.29, 0.717) is 32.0 Å². The predicted molar refractivity (Wildman–Crippen MR) is 60.6 cm³/mol. The van der Waals surface area contributed by atoms with Crippen molar-refractivity contribution in [2.75, 3.05) is 26.3 Å². The lowest BCUT2D eigenvalue weighted by molar-refractivity contribution is -0.135. The molecule has 1 amide bonds. The fourth-order valence-corrected chi connectivity index (χ4v) is 1.69. The first kappa shape index (κ1) is 11.8. The van der Waals surface area contributed by atoms with Gasteiger partial charge < -0.3 is 9.64 Å². The van der Waals surface area contributed by atoms with E-state index in [1.54, 1.807) is 11.8 Å². The van der Waals surface area contributed by atoms with Gasteiger partial charge in [-0.05, 0) is 6.92 Å². The van der Waals surface area contributed by atoms with Crippen LogP contribution in [-0.2, 0) is 16.1 Å². The highest BCUT2D eigenvalue weighted by Crippen LogP contribution is 1.98. The molecule has 2 heterocycles. The molecule has 0 unspecified atom stereocenters. The summed E-state index contributed by atoms with van der Waals surface area (Å²) in [6.45, 7) is 4.10. The van der Waals surface area contributed by atoms with Crippen LogP contribution in [0.15, 0.2) is 17.2 Å². The zero-order valence-electron chi connectivity index (χ0n) is 9.76. The first-order valence-electron chi connectivity index (χ1n) is 5.55. The van der Waals surface area contributed by atoms with Crippen molar-refractivity contribution < 1.29 is 9.53 Å². The number of nitrogens with zero attached hydrogens (tertiary/aromatic N) is 3. The van der Waals surface area contributed by atoms with Gasteiger partial charge in [0.05, 0.1) is 19.5 Å². The van der Waals surface area contributed by atoms with Crippen LogP contribution in [0.5, 0.6) is 0 Å². The zero-order valence-corrected chi connectivity index (χ0v) is 9.76. The summed E-state index contributed by atoms with van der Waals surface area (Å²) in [4.78, 5) is 29.2. The predicted octanol–water partition coefficient (Wildman–Crippen LogP) is -0.589. The number of carbonyl (C=O) groups excluding carboxylic acids is 1. The molecule has 6 heteroatoms. The van der Waals surface area contributed by atoms with Crippen molar-refractivity contribution in [3.05, 3.63) is 28.4 Å². The number of morpholine rings is 1. The van der Waals surface area contributed by atoms with Crippen LogP contribution in [0.2, 0.25) is 0 Å². The summed E-state index contributed by atoms with van der Waals surface area (Å²) in [6.07, 6.45) is 1.41. The molecule has 1 aliphatic heterocycles. The Morgan fingerprint density at radius 1 is 1.47 bits per heavy atom. The molecule has 0 atom stereocenters. The summed E-state index contributed by atoms with van der Waals surface area (Å²) >= 11 is 0. The van der Waals surface area contributed by atoms with E-state index in [4.69, 9.17) is 4.74 Å². The van der Waals surface area contributed by atoms with E-state index in [-0.39, 0.29) is 18.0 Å². The SMILES string of the molecule is Cc1cc(=O)n(CC(=O)N2CCOCC2)cn1. The maximum atomic E-state index is 11.9. The van der Waals surface area contributed by atoms with Crippen molar-refractivity contribution in [1.29, 1.82) is 0 Å². The van der Waals surface area contributed by atoms with Crippen molar-refractivity contribution in [3.63, 3.8) is 0 Å². The third kappa shape index (κ3) is 2.91. The van der Waals surface area contributed by atoms with Crippen molar-refractivity contribution in [2.24, 2.45) is 0 Å². The molecule has 92 valence electrons. The first-order valence-corrected chi connectivity index (χ1v) is 5.55. The van der Waals surface area contributed by atoms with Gasteiger partial charge in [-0.15, -0.1) is 0 Å². The summed E-state index contributed by atoms with van der Waals surface area (Å²) in [6, 6.07) is 1.42. The molecule has 1 aromatic rings. The molecule has 1 aromatic heterocycles. The number of aryl methyl sites for hydroxylation is 1. The summed E-state index contributed by atoms with van der Waals surface area (Å²) in [7, 11) is 0. The van der Waals surface area contributed by atoms with Crippen LogP contribution in [0.25, 0.3) is 0 Å². The number of aromatic nitrogens is 2. The average Bonchev–Trinajstić information content (AvgIpc) is 2.34. The Balaban J connectivity index is 2.04. The lowest BCUT2D eigenvalue weighted by Crippen LogP contribution is -2.43. The van der Waals surface area contributed by atoms with Crippen LogP contribution < -0.4 is 5.56 Å². The molecule has 0 radical (unpaired) electrons. The van der Waals surface area contributed by atoms with Crippen LogP contribution >= 0.6 is 0 Å². The minimum absolute atomic E-state index is 0.0477. The van der Waals surface area contributed by atoms with E-state index in [1.165, 1.54) is 17.0 Å². The van der Waals surface area contributed by atoms with Crippen LogP contribution in [0.1, 0.15) is 5.69 Å². The maximum Gasteiger partial charge on any atom is 0.253 e. The van der Waals surface area contributed by atoms with Gasteiger partial charge in [0.2, 0.25) is 5.91 Å². The monoisotopic (exact) mass is 237 g/mol. The number of hydrogen-bond acceptors (Lipinski definition) is 4. The summed E-state index contributed by atoms with van der Waals surface area (Å²) in [5, 5.41) is 0. The van der Waals surface area contributed by atoms with E-state index < -0.39 is 0 Å². The Kier molecular flexibility index (Phi) is 3.53. The van der Waals surface area contributed by atoms with Gasteiger partial charge in [-0.1, -0.05) is 0 Å². The topological polar surface area (TPSA) is 64.4 Å². The number of rotatable bonds is 2. The van der Waals surface area contributed by atoms with E-state index >= 15 is 0 Å². The number of carbonyl (C=O) groups is 1. The van der Waals surface area contributed by atoms with Crippen LogP contribution in [0.3, 0.4) is 0 Å². The minimum Gasteiger partial charge on any atom is -0.378 e. The van der Waals surface area contributed by atoms with Gasteiger partial charge >= 0.3 is 0 Å². The average molecular weight is 237 g/mol. The molecule has 0 aliphatic carbocycles. The lowest BCUT2D eigenvalue weighted by atomic mass is 10.4. The largest absolute Gasteiger partial charge is 0.378 e. The van der Waals surface area contributed by atoms with Crippen molar-refractivity contribution in [3.8, 4) is 0 Å². The van der Waals surface area contributed by atoms with Crippen molar-refractivity contribution in [2.45, 2.75) is 13.5 Å². The van der Waals surface area contributed by atoms with Crippen LogP contribution in [-0.4, -0.2) is 46.7 Å². The van der Waals surface area contributed by atoms with Gasteiger partial charge in [-0.2, -0.15) is 0 Å². The highest BCUT2D eigenvalue weighted by Gasteiger charge is 2.17. The maximum absolute atomic E-state index is 11.9. The molecule has 2 rings (SSSR count). The quantitative estimate of drug-likeness (QED) is 0.689. The highest BCUT2D eigenvalue weighted by molar-refractivity contribution is 5.76. The second-order valence-corrected chi connectivity index (χ2v) is 3.99. The second-order valence-electron chi connectivity index (χ2n) is 3.99. The Hall–Kier alpha value is -1.69. The van der Waals surface area contributed by atoms with E-state index in [9.17, 15) is 9.59 Å². The molecule has 1 fully saturated rings. The van der Waals surface area contributed by atoms with Gasteiger partial charge in [0, 0.05) is 24.8 Å². The highest BCUT2D eigenvalue weighted by atomic mass is 16.5. The second kappa shape index (κ2) is 5.09. The molecule has 1 saturated heterocycles. The molecular weight excluding hydrogens is 222 g/mol. The molecule has 0 N–H and O–H groups in total. The molecule has 1 aliphatic rings. The lowest BCUT2D eigenvalue weighted by Gasteiger charge is -2.26. The number of ether oxygens (including phenoxy) is 1. The Morgan fingerprint density at radius 3 is 2.82 bits per heavy atom. The van der Waals surface area contributed by atoms with Gasteiger partial charge in [-0.3, -0.25) is 14.2 Å². The molecule has 0 saturated carbocycles. The molecule has 0 aromatic carbocycles. The Labute approximate surface area is 98.8 Å². The standard InChI is InChI=1S/C11H15N3O3/c1-9-6-10(15)14(8-12-9)7-11(16)13-2-4-17-5-3-13/h6,8H,2-5,7H2,1H3. The summed E-state index contributed by atoms with van der Waals surface area (Å²) in [5.41, 5.74) is 0.462. The van der Waals surface area contributed by atoms with E-state index in [1.807, 2.05) is 0 Å². The third-order valence-corrected chi connectivity index (χ3v) is 2.69. The van der Waals surface area contributed by atoms with Crippen molar-refractivity contribution in [1.82, 2.24) is 14.5 Å². The smallest absolute Gasteiger partial charge is 0.253 e. The van der Waals surface area contributed by atoms with Gasteiger partial charge in [-0.25, -0.2) is 4.98 Å². The van der Waals surface area contributed by atoms with Gasteiger partial charge in [0.15, 0.2) is 0 Å². The summed E-state index contributed by atoms with van der Waals surface area (Å²) in [5.74, 6) is -0.0685. The minimum atomic E-state index is -0.195. The summed E-state index contributed by atoms with van der Waals surface area (Å²) < 4.78 is 6.49. The molecule has 0 bridgehead atoms. The molecule has 6 nitrogen and oxygen atoms in total. The fraction of sp³-hybridized carbons (Fsp3) is 0.545. The molecular formula is C11H15N3O3. The van der Waals surface area contributed by atoms with Crippen molar-refractivity contribution >= 4 is 5.91 Å². The van der Waals surface area contributed by atoms with Gasteiger partial charge in [0.1, 0.15) is 6.54 Å². The normalized spacial score (nSPS) is 15.9. The Morgan fingerprint density at radius 2 is 2.18 bits per heavy atom. The first-order chi connectivity index (χ1) is 8.16. The number of amides is 1. The molecule has 0 spiro atoms.